The lowest BCUT2D eigenvalue weighted by Gasteiger charge is -2.33. The summed E-state index contributed by atoms with van der Waals surface area (Å²) in [5.41, 5.74) is 2.85. The van der Waals surface area contributed by atoms with Crippen LogP contribution in [0.25, 0.3) is 0 Å². The number of hydrogen-bond donors (Lipinski definition) is 1. The fraction of sp³-hybridized carbons (Fsp3) is 0.647. The van der Waals surface area contributed by atoms with Gasteiger partial charge in [0.05, 0.1) is 0 Å². The van der Waals surface area contributed by atoms with Crippen LogP contribution >= 0.6 is 0 Å². The Hall–Kier alpha value is -1.06. The maximum absolute atomic E-state index is 3.46. The zero-order valence-corrected chi connectivity index (χ0v) is 13.2. The SMILES string of the molecule is CCNCc1ccccc1N1CCCN(C)CC1CC. The van der Waals surface area contributed by atoms with Crippen molar-refractivity contribution in [3.05, 3.63) is 29.8 Å². The van der Waals surface area contributed by atoms with Crippen LogP contribution in [-0.2, 0) is 6.54 Å². The smallest absolute Gasteiger partial charge is 0.0414 e. The van der Waals surface area contributed by atoms with Crippen molar-refractivity contribution in [3.8, 4) is 0 Å². The number of hydrogen-bond acceptors (Lipinski definition) is 3. The largest absolute Gasteiger partial charge is 0.367 e. The number of likely N-dealkylation sites (N-methyl/N-ethyl adjacent to an activating group) is 1. The lowest BCUT2D eigenvalue weighted by Crippen LogP contribution is -2.40. The van der Waals surface area contributed by atoms with Gasteiger partial charge in [0, 0.05) is 31.4 Å². The van der Waals surface area contributed by atoms with Crippen LogP contribution in [0.4, 0.5) is 5.69 Å². The number of rotatable bonds is 5. The second kappa shape index (κ2) is 7.65. The van der Waals surface area contributed by atoms with Crippen LogP contribution in [0, 0.1) is 0 Å². The molecule has 1 aliphatic heterocycles. The Balaban J connectivity index is 2.23. The molecule has 1 atom stereocenters. The predicted octanol–water partition coefficient (Wildman–Crippen LogP) is 2.72. The molecule has 1 aromatic carbocycles. The molecule has 20 heavy (non-hydrogen) atoms. The average Bonchev–Trinajstić information content (AvgIpc) is 2.66. The van der Waals surface area contributed by atoms with Crippen molar-refractivity contribution in [3.63, 3.8) is 0 Å². The number of anilines is 1. The summed E-state index contributed by atoms with van der Waals surface area (Å²) in [7, 11) is 2.25. The van der Waals surface area contributed by atoms with E-state index in [0.29, 0.717) is 6.04 Å². The zero-order chi connectivity index (χ0) is 14.4. The number of nitrogens with zero attached hydrogens (tertiary/aromatic N) is 2. The molecule has 0 aliphatic carbocycles. The minimum absolute atomic E-state index is 0.630. The summed E-state index contributed by atoms with van der Waals surface area (Å²) >= 11 is 0. The molecule has 0 saturated carbocycles. The highest BCUT2D eigenvalue weighted by Gasteiger charge is 2.23. The normalized spacial score (nSPS) is 20.9. The molecule has 1 aromatic rings. The molecule has 1 unspecified atom stereocenters. The van der Waals surface area contributed by atoms with Gasteiger partial charge < -0.3 is 15.1 Å². The summed E-state index contributed by atoms with van der Waals surface area (Å²) < 4.78 is 0. The van der Waals surface area contributed by atoms with Crippen LogP contribution in [-0.4, -0.2) is 44.2 Å². The van der Waals surface area contributed by atoms with E-state index in [4.69, 9.17) is 0 Å². The molecule has 2 rings (SSSR count). The molecule has 0 bridgehead atoms. The van der Waals surface area contributed by atoms with Gasteiger partial charge in [-0.1, -0.05) is 32.0 Å². The Morgan fingerprint density at radius 1 is 1.20 bits per heavy atom. The third-order valence-corrected chi connectivity index (χ3v) is 4.24. The second-order valence-electron chi connectivity index (χ2n) is 5.78. The number of para-hydroxylation sites is 1. The Morgan fingerprint density at radius 2 is 2.00 bits per heavy atom. The predicted molar refractivity (Wildman–Crippen MR) is 87.4 cm³/mol. The van der Waals surface area contributed by atoms with Gasteiger partial charge in [-0.05, 0) is 44.6 Å². The fourth-order valence-corrected chi connectivity index (χ4v) is 3.11. The molecule has 1 saturated heterocycles. The first-order chi connectivity index (χ1) is 9.76. The van der Waals surface area contributed by atoms with Gasteiger partial charge in [0.25, 0.3) is 0 Å². The van der Waals surface area contributed by atoms with Gasteiger partial charge in [0.2, 0.25) is 0 Å². The molecule has 0 aromatic heterocycles. The molecule has 0 radical (unpaired) electrons. The molecule has 3 nitrogen and oxygen atoms in total. The molecule has 1 heterocycles. The molecule has 3 heteroatoms. The molecular formula is C17H29N3. The standard InChI is InChI=1S/C17H29N3/c1-4-16-14-19(3)11-8-12-20(16)17-10-7-6-9-15(17)13-18-5-2/h6-7,9-10,16,18H,4-5,8,11-14H2,1-3H3. The topological polar surface area (TPSA) is 18.5 Å². The minimum atomic E-state index is 0.630. The molecule has 112 valence electrons. The summed E-state index contributed by atoms with van der Waals surface area (Å²) in [4.78, 5) is 5.11. The average molecular weight is 275 g/mol. The summed E-state index contributed by atoms with van der Waals surface area (Å²) in [6.45, 7) is 10.0. The van der Waals surface area contributed by atoms with Gasteiger partial charge in [-0.15, -0.1) is 0 Å². The van der Waals surface area contributed by atoms with Crippen molar-refractivity contribution in [2.75, 3.05) is 38.1 Å². The minimum Gasteiger partial charge on any atom is -0.367 e. The van der Waals surface area contributed by atoms with Crippen molar-refractivity contribution < 1.29 is 0 Å². The second-order valence-corrected chi connectivity index (χ2v) is 5.78. The Kier molecular flexibility index (Phi) is 5.86. The molecular weight excluding hydrogens is 246 g/mol. The quantitative estimate of drug-likeness (QED) is 0.891. The van der Waals surface area contributed by atoms with Gasteiger partial charge in [-0.3, -0.25) is 0 Å². The molecule has 1 fully saturated rings. The summed E-state index contributed by atoms with van der Waals surface area (Å²) in [6, 6.07) is 9.51. The Morgan fingerprint density at radius 3 is 2.75 bits per heavy atom. The molecule has 1 aliphatic rings. The van der Waals surface area contributed by atoms with E-state index in [1.165, 1.54) is 43.7 Å². The van der Waals surface area contributed by atoms with Gasteiger partial charge >= 0.3 is 0 Å². The van der Waals surface area contributed by atoms with Crippen LogP contribution in [0.1, 0.15) is 32.3 Å². The molecule has 0 spiro atoms. The molecule has 1 N–H and O–H groups in total. The van der Waals surface area contributed by atoms with Crippen molar-refractivity contribution in [2.24, 2.45) is 0 Å². The van der Waals surface area contributed by atoms with E-state index < -0.39 is 0 Å². The maximum Gasteiger partial charge on any atom is 0.0414 e. The lowest BCUT2D eigenvalue weighted by molar-refractivity contribution is 0.328. The maximum atomic E-state index is 3.46. The Labute approximate surface area is 124 Å². The van der Waals surface area contributed by atoms with Crippen molar-refractivity contribution in [1.29, 1.82) is 0 Å². The van der Waals surface area contributed by atoms with Gasteiger partial charge in [0.15, 0.2) is 0 Å². The number of benzene rings is 1. The monoisotopic (exact) mass is 275 g/mol. The van der Waals surface area contributed by atoms with Crippen LogP contribution in [0.15, 0.2) is 24.3 Å². The van der Waals surface area contributed by atoms with E-state index in [-0.39, 0.29) is 0 Å². The zero-order valence-electron chi connectivity index (χ0n) is 13.2. The first-order valence-electron chi connectivity index (χ1n) is 8.00. The summed E-state index contributed by atoms with van der Waals surface area (Å²) in [5, 5.41) is 3.46. The van der Waals surface area contributed by atoms with Crippen molar-refractivity contribution in [1.82, 2.24) is 10.2 Å². The highest BCUT2D eigenvalue weighted by Crippen LogP contribution is 2.25. The van der Waals surface area contributed by atoms with E-state index in [2.05, 4.69) is 60.3 Å². The van der Waals surface area contributed by atoms with E-state index in [1.54, 1.807) is 0 Å². The summed E-state index contributed by atoms with van der Waals surface area (Å²) in [5.74, 6) is 0. The van der Waals surface area contributed by atoms with Crippen molar-refractivity contribution >= 4 is 5.69 Å². The third-order valence-electron chi connectivity index (χ3n) is 4.24. The number of nitrogens with one attached hydrogen (secondary N) is 1. The van der Waals surface area contributed by atoms with Crippen molar-refractivity contribution in [2.45, 2.75) is 39.3 Å². The van der Waals surface area contributed by atoms with Crippen LogP contribution < -0.4 is 10.2 Å². The summed E-state index contributed by atoms with van der Waals surface area (Å²) in [6.07, 6.45) is 2.46. The van der Waals surface area contributed by atoms with Crippen LogP contribution in [0.3, 0.4) is 0 Å². The highest BCUT2D eigenvalue weighted by molar-refractivity contribution is 5.54. The van der Waals surface area contributed by atoms with Crippen LogP contribution in [0.5, 0.6) is 0 Å². The van der Waals surface area contributed by atoms with E-state index in [1.807, 2.05) is 0 Å². The van der Waals surface area contributed by atoms with Gasteiger partial charge in [-0.2, -0.15) is 0 Å². The Bertz CT molecular complexity index is 405. The molecule has 0 amide bonds. The van der Waals surface area contributed by atoms with Gasteiger partial charge in [0.1, 0.15) is 0 Å². The van der Waals surface area contributed by atoms with E-state index >= 15 is 0 Å². The third kappa shape index (κ3) is 3.74. The first-order valence-corrected chi connectivity index (χ1v) is 8.00. The van der Waals surface area contributed by atoms with Crippen LogP contribution in [0.2, 0.25) is 0 Å². The fourth-order valence-electron chi connectivity index (χ4n) is 3.11. The van der Waals surface area contributed by atoms with E-state index in [0.717, 1.165) is 13.1 Å². The van der Waals surface area contributed by atoms with E-state index in [9.17, 15) is 0 Å². The highest BCUT2D eigenvalue weighted by atomic mass is 15.2. The first kappa shape index (κ1) is 15.3. The van der Waals surface area contributed by atoms with Gasteiger partial charge in [-0.25, -0.2) is 0 Å². The lowest BCUT2D eigenvalue weighted by atomic mass is 10.1.